The van der Waals surface area contributed by atoms with Crippen LogP contribution in [0.25, 0.3) is 0 Å². The highest BCUT2D eigenvalue weighted by molar-refractivity contribution is 7.89. The van der Waals surface area contributed by atoms with E-state index >= 15 is 0 Å². The van der Waals surface area contributed by atoms with E-state index in [1.165, 1.54) is 9.21 Å². The molecule has 0 aromatic carbocycles. The molecule has 10 heteroatoms. The van der Waals surface area contributed by atoms with Crippen LogP contribution < -0.4 is 0 Å². The van der Waals surface area contributed by atoms with Gasteiger partial charge in [-0.05, 0) is 39.5 Å². The maximum absolute atomic E-state index is 12.8. The van der Waals surface area contributed by atoms with E-state index in [2.05, 4.69) is 5.16 Å². The summed E-state index contributed by atoms with van der Waals surface area (Å²) in [7, 11) is -3.71. The van der Waals surface area contributed by atoms with Crippen molar-refractivity contribution < 1.29 is 27.6 Å². The van der Waals surface area contributed by atoms with Gasteiger partial charge in [-0.15, -0.1) is 0 Å². The Kier molecular flexibility index (Phi) is 5.07. The number of carbonyl (C=O) groups is 2. The standard InChI is InChI=1S/C16H23N3O6S/c1-10-14(11(2)25-17-10)26(23,24)18-8-5-12(6-9-18)15(20)19-7-3-4-13(19)16(21)22/h12-13H,3-9H2,1-2H3,(H,21,22)/t13-/m1/s1. The summed E-state index contributed by atoms with van der Waals surface area (Å²) in [5.41, 5.74) is 0.321. The molecule has 2 fully saturated rings. The number of rotatable bonds is 4. The Morgan fingerprint density at radius 3 is 2.35 bits per heavy atom. The summed E-state index contributed by atoms with van der Waals surface area (Å²) in [5, 5.41) is 12.9. The predicted molar refractivity (Wildman–Crippen MR) is 89.8 cm³/mol. The fourth-order valence-corrected chi connectivity index (χ4v) is 5.60. The highest BCUT2D eigenvalue weighted by Crippen LogP contribution is 2.30. The van der Waals surface area contributed by atoms with Crippen molar-refractivity contribution in [2.75, 3.05) is 19.6 Å². The van der Waals surface area contributed by atoms with Gasteiger partial charge in [-0.1, -0.05) is 5.16 Å². The van der Waals surface area contributed by atoms with E-state index in [9.17, 15) is 23.1 Å². The van der Waals surface area contributed by atoms with Crippen LogP contribution in [0.4, 0.5) is 0 Å². The second-order valence-corrected chi connectivity index (χ2v) is 8.73. The van der Waals surface area contributed by atoms with E-state index in [1.807, 2.05) is 0 Å². The number of nitrogens with zero attached hydrogens (tertiary/aromatic N) is 3. The molecule has 26 heavy (non-hydrogen) atoms. The van der Waals surface area contributed by atoms with Crippen molar-refractivity contribution in [2.24, 2.45) is 5.92 Å². The van der Waals surface area contributed by atoms with Gasteiger partial charge < -0.3 is 14.5 Å². The number of carboxylic acid groups (broad SMARTS) is 1. The molecule has 1 aromatic rings. The second-order valence-electron chi connectivity index (χ2n) is 6.86. The number of hydrogen-bond acceptors (Lipinski definition) is 6. The van der Waals surface area contributed by atoms with Gasteiger partial charge in [0.15, 0.2) is 5.76 Å². The Morgan fingerprint density at radius 2 is 1.81 bits per heavy atom. The fourth-order valence-electron chi connectivity index (χ4n) is 3.84. The Labute approximate surface area is 152 Å². The molecule has 0 aliphatic carbocycles. The van der Waals surface area contributed by atoms with E-state index in [0.717, 1.165) is 0 Å². The third kappa shape index (κ3) is 3.23. The van der Waals surface area contributed by atoms with Crippen LogP contribution in [-0.4, -0.2) is 65.4 Å². The zero-order chi connectivity index (χ0) is 19.1. The number of aliphatic carboxylic acids is 1. The minimum absolute atomic E-state index is 0.0905. The Bertz CT molecular complexity index is 790. The van der Waals surface area contributed by atoms with Crippen molar-refractivity contribution in [2.45, 2.75) is 50.5 Å². The van der Waals surface area contributed by atoms with Crippen LogP contribution in [0, 0.1) is 19.8 Å². The predicted octanol–water partition coefficient (Wildman–Crippen LogP) is 0.768. The van der Waals surface area contributed by atoms with E-state index in [1.54, 1.807) is 13.8 Å². The smallest absolute Gasteiger partial charge is 0.326 e. The summed E-state index contributed by atoms with van der Waals surface area (Å²) in [6.45, 7) is 4.03. The summed E-state index contributed by atoms with van der Waals surface area (Å²) in [5.74, 6) is -1.24. The topological polar surface area (TPSA) is 121 Å². The van der Waals surface area contributed by atoms with Crippen LogP contribution in [0.2, 0.25) is 0 Å². The SMILES string of the molecule is Cc1noc(C)c1S(=O)(=O)N1CCC(C(=O)N2CCC[C@@H]2C(=O)O)CC1. The number of carbonyl (C=O) groups excluding carboxylic acids is 1. The van der Waals surface area contributed by atoms with Gasteiger partial charge in [0.25, 0.3) is 0 Å². The first-order chi connectivity index (χ1) is 12.2. The Balaban J connectivity index is 1.68. The van der Waals surface area contributed by atoms with Crippen molar-refractivity contribution in [3.05, 3.63) is 11.5 Å². The largest absolute Gasteiger partial charge is 0.480 e. The average molecular weight is 385 g/mol. The number of likely N-dealkylation sites (tertiary alicyclic amines) is 1. The maximum Gasteiger partial charge on any atom is 0.326 e. The molecule has 144 valence electrons. The summed E-state index contributed by atoms with van der Waals surface area (Å²) in [6.07, 6.45) is 1.91. The van der Waals surface area contributed by atoms with Gasteiger partial charge in [-0.25, -0.2) is 13.2 Å². The lowest BCUT2D eigenvalue weighted by atomic mass is 9.96. The molecule has 2 aliphatic rings. The lowest BCUT2D eigenvalue weighted by Crippen LogP contribution is -2.47. The first kappa shape index (κ1) is 18.8. The van der Waals surface area contributed by atoms with Crippen LogP contribution in [0.15, 0.2) is 9.42 Å². The molecule has 0 spiro atoms. The molecule has 2 saturated heterocycles. The minimum atomic E-state index is -3.71. The molecule has 0 unspecified atom stereocenters. The van der Waals surface area contributed by atoms with E-state index in [4.69, 9.17) is 4.52 Å². The average Bonchev–Trinajstić information content (AvgIpc) is 3.21. The molecule has 2 aliphatic heterocycles. The van der Waals surface area contributed by atoms with Gasteiger partial charge in [0.2, 0.25) is 15.9 Å². The number of sulfonamides is 1. The fraction of sp³-hybridized carbons (Fsp3) is 0.688. The molecule has 9 nitrogen and oxygen atoms in total. The Morgan fingerprint density at radius 1 is 1.15 bits per heavy atom. The molecule has 1 amide bonds. The number of aromatic nitrogens is 1. The van der Waals surface area contributed by atoms with Crippen molar-refractivity contribution in [3.8, 4) is 0 Å². The Hall–Kier alpha value is -1.94. The summed E-state index contributed by atoms with van der Waals surface area (Å²) < 4.78 is 31.9. The number of aryl methyl sites for hydroxylation is 2. The highest BCUT2D eigenvalue weighted by Gasteiger charge is 2.40. The molecule has 1 atom stereocenters. The maximum atomic E-state index is 12.8. The van der Waals surface area contributed by atoms with Crippen molar-refractivity contribution in [1.82, 2.24) is 14.4 Å². The zero-order valence-corrected chi connectivity index (χ0v) is 15.7. The third-order valence-corrected chi connectivity index (χ3v) is 7.33. The van der Waals surface area contributed by atoms with Crippen LogP contribution in [0.3, 0.4) is 0 Å². The molecule has 3 rings (SSSR count). The highest BCUT2D eigenvalue weighted by atomic mass is 32.2. The number of carboxylic acids is 1. The third-order valence-electron chi connectivity index (χ3n) is 5.19. The molecule has 0 saturated carbocycles. The van der Waals surface area contributed by atoms with Gasteiger partial charge >= 0.3 is 5.97 Å². The van der Waals surface area contributed by atoms with Crippen LogP contribution in [0.5, 0.6) is 0 Å². The van der Waals surface area contributed by atoms with E-state index < -0.39 is 22.0 Å². The molecule has 3 heterocycles. The van der Waals surface area contributed by atoms with Crippen LogP contribution in [0.1, 0.15) is 37.1 Å². The van der Waals surface area contributed by atoms with Gasteiger partial charge in [0.1, 0.15) is 16.6 Å². The lowest BCUT2D eigenvalue weighted by molar-refractivity contribution is -0.150. The normalized spacial score (nSPS) is 22.7. The zero-order valence-electron chi connectivity index (χ0n) is 14.8. The lowest BCUT2D eigenvalue weighted by Gasteiger charge is -2.33. The number of amides is 1. The van der Waals surface area contributed by atoms with E-state index in [0.29, 0.717) is 37.9 Å². The van der Waals surface area contributed by atoms with Gasteiger partial charge in [-0.2, -0.15) is 4.31 Å². The quantitative estimate of drug-likeness (QED) is 0.812. The van der Waals surface area contributed by atoms with Gasteiger partial charge in [-0.3, -0.25) is 4.79 Å². The molecule has 1 N–H and O–H groups in total. The summed E-state index contributed by atoms with van der Waals surface area (Å²) in [4.78, 5) is 25.5. The minimum Gasteiger partial charge on any atom is -0.480 e. The summed E-state index contributed by atoms with van der Waals surface area (Å²) in [6, 6.07) is -0.758. The monoisotopic (exact) mass is 385 g/mol. The molecule has 1 aromatic heterocycles. The van der Waals surface area contributed by atoms with Crippen molar-refractivity contribution in [1.29, 1.82) is 0 Å². The van der Waals surface area contributed by atoms with Gasteiger partial charge in [0.05, 0.1) is 0 Å². The number of piperidine rings is 1. The molecular weight excluding hydrogens is 362 g/mol. The van der Waals surface area contributed by atoms with Crippen LogP contribution >= 0.6 is 0 Å². The number of hydrogen-bond donors (Lipinski definition) is 1. The van der Waals surface area contributed by atoms with E-state index in [-0.39, 0.29) is 35.6 Å². The van der Waals surface area contributed by atoms with Gasteiger partial charge in [0, 0.05) is 25.6 Å². The van der Waals surface area contributed by atoms with Crippen molar-refractivity contribution in [3.63, 3.8) is 0 Å². The second kappa shape index (κ2) is 6.99. The molecule has 0 bridgehead atoms. The first-order valence-corrected chi connectivity index (χ1v) is 10.1. The first-order valence-electron chi connectivity index (χ1n) is 8.69. The van der Waals surface area contributed by atoms with Crippen LogP contribution in [-0.2, 0) is 19.6 Å². The molecular formula is C16H23N3O6S. The molecule has 0 radical (unpaired) electrons. The summed E-state index contributed by atoms with van der Waals surface area (Å²) >= 11 is 0. The van der Waals surface area contributed by atoms with Crippen molar-refractivity contribution >= 4 is 21.9 Å².